The Bertz CT molecular complexity index is 73.5. The van der Waals surface area contributed by atoms with Gasteiger partial charge in [0.1, 0.15) is 20.1 Å². The van der Waals surface area contributed by atoms with Gasteiger partial charge in [-0.1, -0.05) is 0 Å². The van der Waals surface area contributed by atoms with Crippen molar-refractivity contribution in [2.45, 2.75) is 0 Å². The summed E-state index contributed by atoms with van der Waals surface area (Å²) < 4.78 is 51.4. The van der Waals surface area contributed by atoms with Crippen molar-refractivity contribution in [1.82, 2.24) is 0 Å². The molecule has 9 heavy (non-hydrogen) atoms. The molecule has 0 aliphatic rings. The molecule has 6 nitrogen and oxygen atoms in total. The molecular weight excluding hydrogens is 363 g/mol. The van der Waals surface area contributed by atoms with E-state index in [1.165, 1.54) is 0 Å². The quantitative estimate of drug-likeness (QED) is 0.311. The molecule has 0 rings (SSSR count). The summed E-state index contributed by atoms with van der Waals surface area (Å²) in [6, 6.07) is 0. The Morgan fingerprint density at radius 3 is 1.00 bits per heavy atom. The fourth-order valence-electron chi connectivity index (χ4n) is 0. The summed E-state index contributed by atoms with van der Waals surface area (Å²) in [6.07, 6.45) is 0. The standard InChI is InChI=1S/IO4.K.2O.Ru/c2-1(3,4)5;;;;/q-1;+1;;;. The van der Waals surface area contributed by atoms with Crippen molar-refractivity contribution >= 4 is 0 Å². The first-order valence-electron chi connectivity index (χ1n) is 0.906. The van der Waals surface area contributed by atoms with Crippen LogP contribution in [-0.2, 0) is 24.2 Å². The van der Waals surface area contributed by atoms with E-state index in [4.69, 9.17) is 20.9 Å². The van der Waals surface area contributed by atoms with Gasteiger partial charge in [0.25, 0.3) is 0 Å². The predicted molar refractivity (Wildman–Crippen MR) is 1.37 cm³/mol. The molecule has 0 saturated carbocycles. The molecule has 0 aromatic carbocycles. The summed E-state index contributed by atoms with van der Waals surface area (Å²) in [5, 5.41) is 0. The molecule has 0 aromatic rings. The minimum absolute atomic E-state index is 0. The molecule has 0 N–H and O–H groups in total. The molecule has 0 bridgehead atoms. The van der Waals surface area contributed by atoms with Gasteiger partial charge in [0.2, 0.25) is 0 Å². The molecule has 0 heterocycles. The Kier molecular flexibility index (Phi) is 20.3. The summed E-state index contributed by atoms with van der Waals surface area (Å²) in [5.41, 5.74) is 0. The molecule has 0 amide bonds. The van der Waals surface area contributed by atoms with E-state index >= 15 is 0 Å². The van der Waals surface area contributed by atoms with Gasteiger partial charge in [0, 0.05) is 0 Å². The fraction of sp³-hybridized carbons (Fsp3) is 0. The third-order valence-corrected chi connectivity index (χ3v) is 0. The molecular formula is IKO6Ru. The molecule has 0 spiro atoms. The van der Waals surface area contributed by atoms with Crippen LogP contribution in [0.3, 0.4) is 0 Å². The third-order valence-electron chi connectivity index (χ3n) is 0. The fourth-order valence-corrected chi connectivity index (χ4v) is 0. The van der Waals surface area contributed by atoms with Crippen LogP contribution in [0.25, 0.3) is 0 Å². The first-order chi connectivity index (χ1) is 3.41. The van der Waals surface area contributed by atoms with Gasteiger partial charge in [-0.15, -0.1) is 0 Å². The summed E-state index contributed by atoms with van der Waals surface area (Å²) in [5.74, 6) is 0. The normalized spacial score (nSPS) is 8.44. The van der Waals surface area contributed by atoms with Gasteiger partial charge in [0.15, 0.2) is 0 Å². The number of hydrogen-bond donors (Lipinski definition) is 0. The third kappa shape index (κ3) is 126. The zero-order valence-electron chi connectivity index (χ0n) is 4.18. The summed E-state index contributed by atoms with van der Waals surface area (Å²) in [6.45, 7) is 0. The van der Waals surface area contributed by atoms with E-state index in [2.05, 4.69) is 0 Å². The van der Waals surface area contributed by atoms with E-state index in [0.717, 1.165) is 0 Å². The van der Waals surface area contributed by atoms with Crippen molar-refractivity contribution in [2.24, 2.45) is 0 Å². The molecule has 0 radical (unpaired) electrons. The zero-order chi connectivity index (χ0) is 7.21. The minimum atomic E-state index is -5.94. The molecule has 52 valence electrons. The first kappa shape index (κ1) is 17.5. The second-order valence-corrected chi connectivity index (χ2v) is 2.88. The second-order valence-electron chi connectivity index (χ2n) is 0.437. The number of hydrogen-bond acceptors (Lipinski definition) is 6. The molecule has 0 aliphatic carbocycles. The van der Waals surface area contributed by atoms with Gasteiger partial charge < -0.3 is 0 Å². The van der Waals surface area contributed by atoms with Crippen molar-refractivity contribution in [3.8, 4) is 0 Å². The van der Waals surface area contributed by atoms with Gasteiger partial charge in [0.05, 0.1) is 0 Å². The maximum atomic E-state index is 8.62. The average Bonchev–Trinajstić information content (AvgIpc) is 1.27. The predicted octanol–water partition coefficient (Wildman–Crippen LogP) is -11.0. The summed E-state index contributed by atoms with van der Waals surface area (Å²) in [7, 11) is 0. The van der Waals surface area contributed by atoms with Crippen LogP contribution in [0.4, 0.5) is 0 Å². The van der Waals surface area contributed by atoms with Crippen LogP contribution in [-0.4, -0.2) is 0 Å². The van der Waals surface area contributed by atoms with Crippen molar-refractivity contribution in [3.05, 3.63) is 0 Å². The maximum absolute atomic E-state index is 8.62. The first-order valence-corrected chi connectivity index (χ1v) is 5.85. The van der Waals surface area contributed by atoms with Crippen LogP contribution >= 0.6 is 0 Å². The Morgan fingerprint density at radius 2 is 1.00 bits per heavy atom. The van der Waals surface area contributed by atoms with Crippen molar-refractivity contribution < 1.29 is 109 Å². The monoisotopic (exact) mass is 364 g/mol. The average molecular weight is 363 g/mol. The summed E-state index contributed by atoms with van der Waals surface area (Å²) >= 11 is -7.73. The van der Waals surface area contributed by atoms with Crippen molar-refractivity contribution in [3.63, 3.8) is 0 Å². The van der Waals surface area contributed by atoms with Crippen molar-refractivity contribution in [2.75, 3.05) is 0 Å². The molecule has 0 aromatic heterocycles. The van der Waals surface area contributed by atoms with E-state index in [-0.39, 0.29) is 51.4 Å². The van der Waals surface area contributed by atoms with Crippen LogP contribution in [0.15, 0.2) is 0 Å². The number of halogens is 1. The molecule has 0 unspecified atom stereocenters. The van der Waals surface area contributed by atoms with Gasteiger partial charge >= 0.3 is 75.6 Å². The van der Waals surface area contributed by atoms with Gasteiger partial charge in [-0.25, -0.2) is 0 Å². The van der Waals surface area contributed by atoms with E-state index in [1.807, 2.05) is 0 Å². The molecule has 0 atom stereocenters. The molecule has 0 fully saturated rings. The Balaban J connectivity index is -0.0000000800. The SMILES string of the molecule is [K+].[O-][I+3]([O-])([O-])[O-].[O]=[Ru]=[O]. The Labute approximate surface area is 107 Å². The van der Waals surface area contributed by atoms with Crippen LogP contribution in [0.2, 0.25) is 0 Å². The van der Waals surface area contributed by atoms with Gasteiger partial charge in [-0.3, -0.25) is 13.7 Å². The van der Waals surface area contributed by atoms with E-state index in [0.29, 0.717) is 0 Å². The van der Waals surface area contributed by atoms with Crippen LogP contribution in [0.1, 0.15) is 0 Å². The van der Waals surface area contributed by atoms with Crippen molar-refractivity contribution in [1.29, 1.82) is 0 Å². The van der Waals surface area contributed by atoms with Crippen LogP contribution < -0.4 is 85.2 Å². The van der Waals surface area contributed by atoms with Gasteiger partial charge in [-0.05, 0) is 0 Å². The number of rotatable bonds is 0. The van der Waals surface area contributed by atoms with Gasteiger partial charge in [-0.2, -0.15) is 0 Å². The van der Waals surface area contributed by atoms with Crippen LogP contribution in [0.5, 0.6) is 0 Å². The molecule has 0 saturated heterocycles. The zero-order valence-corrected chi connectivity index (χ0v) is 11.2. The molecule has 0 aliphatic heterocycles. The van der Waals surface area contributed by atoms with E-state index < -0.39 is 37.1 Å². The Hall–Kier alpha value is 2.43. The van der Waals surface area contributed by atoms with E-state index in [9.17, 15) is 0 Å². The topological polar surface area (TPSA) is 126 Å². The Morgan fingerprint density at radius 1 is 1.00 bits per heavy atom. The van der Waals surface area contributed by atoms with E-state index in [1.54, 1.807) is 0 Å². The summed E-state index contributed by atoms with van der Waals surface area (Å²) in [4.78, 5) is 0. The molecule has 9 heteroatoms. The van der Waals surface area contributed by atoms with Crippen LogP contribution in [0, 0.1) is 0 Å². The second kappa shape index (κ2) is 10.4.